The number of nitrogens with zero attached hydrogens (tertiary/aromatic N) is 2. The average molecular weight is 422 g/mol. The fourth-order valence-corrected chi connectivity index (χ4v) is 4.34. The highest BCUT2D eigenvalue weighted by Crippen LogP contribution is 2.29. The lowest BCUT2D eigenvalue weighted by Crippen LogP contribution is -2.34. The Bertz CT molecular complexity index is 1050. The van der Waals surface area contributed by atoms with E-state index >= 15 is 0 Å². The smallest absolute Gasteiger partial charge is 0.357 e. The lowest BCUT2D eigenvalue weighted by molar-refractivity contribution is -0.125. The molecule has 0 fully saturated rings. The maximum atomic E-state index is 12.7. The molecule has 0 saturated heterocycles. The van der Waals surface area contributed by atoms with Crippen LogP contribution in [0, 0.1) is 0 Å². The van der Waals surface area contributed by atoms with Gasteiger partial charge in [0.15, 0.2) is 17.5 Å². The number of carbonyl (C=O) groups is 2. The fourth-order valence-electron chi connectivity index (χ4n) is 3.79. The minimum absolute atomic E-state index is 0.0425. The third-order valence-electron chi connectivity index (χ3n) is 5.17. The van der Waals surface area contributed by atoms with Crippen LogP contribution in [0.5, 0.6) is 0 Å². The molecule has 1 aliphatic carbocycles. The van der Waals surface area contributed by atoms with Crippen LogP contribution in [-0.2, 0) is 16.0 Å². The van der Waals surface area contributed by atoms with Gasteiger partial charge in [-0.3, -0.25) is 9.36 Å². The van der Waals surface area contributed by atoms with E-state index in [1.165, 1.54) is 23.5 Å². The molecule has 1 aromatic heterocycles. The topological polar surface area (TPSA) is 73.2 Å². The molecular formula is C23H23N3O3S. The standard InChI is InChI=1S/C23H23N3O3S/c1-30-23-24-14-20(26(23)17-10-3-2-4-11-17)22(28)29-15-21(27)25-19-13-7-9-16-8-5-6-12-18(16)19/h2-6,8,10-12,14,19H,7,9,13,15H2,1H3,(H,25,27). The Morgan fingerprint density at radius 1 is 1.17 bits per heavy atom. The summed E-state index contributed by atoms with van der Waals surface area (Å²) in [4.78, 5) is 29.5. The summed E-state index contributed by atoms with van der Waals surface area (Å²) in [6, 6.07) is 17.6. The molecule has 1 aliphatic rings. The minimum atomic E-state index is -0.578. The number of imidazole rings is 1. The van der Waals surface area contributed by atoms with Crippen LogP contribution in [0.25, 0.3) is 5.69 Å². The molecule has 1 unspecified atom stereocenters. The normalized spacial score (nSPS) is 15.3. The molecule has 3 aromatic rings. The zero-order chi connectivity index (χ0) is 20.9. The van der Waals surface area contributed by atoms with E-state index in [1.54, 1.807) is 4.57 Å². The van der Waals surface area contributed by atoms with E-state index in [0.717, 1.165) is 30.5 Å². The number of rotatable bonds is 6. The monoisotopic (exact) mass is 421 g/mol. The predicted octanol–water partition coefficient (Wildman–Crippen LogP) is 3.94. The molecule has 0 spiro atoms. The maximum absolute atomic E-state index is 12.7. The largest absolute Gasteiger partial charge is 0.451 e. The molecule has 0 radical (unpaired) electrons. The highest BCUT2D eigenvalue weighted by Gasteiger charge is 2.23. The van der Waals surface area contributed by atoms with Gasteiger partial charge in [0.25, 0.3) is 5.91 Å². The molecule has 0 bridgehead atoms. The van der Waals surface area contributed by atoms with Crippen LogP contribution >= 0.6 is 11.8 Å². The number of hydrogen-bond donors (Lipinski definition) is 1. The molecule has 1 N–H and O–H groups in total. The SMILES string of the molecule is CSc1ncc(C(=O)OCC(=O)NC2CCCc3ccccc32)n1-c1ccccc1. The van der Waals surface area contributed by atoms with Gasteiger partial charge in [0.05, 0.1) is 12.2 Å². The molecule has 6 nitrogen and oxygen atoms in total. The average Bonchev–Trinajstić information content (AvgIpc) is 3.23. The van der Waals surface area contributed by atoms with Gasteiger partial charge in [-0.25, -0.2) is 9.78 Å². The number of esters is 1. The Morgan fingerprint density at radius 3 is 2.73 bits per heavy atom. The highest BCUT2D eigenvalue weighted by atomic mass is 32.2. The second-order valence-corrected chi connectivity index (χ2v) is 7.86. The number of hydrogen-bond acceptors (Lipinski definition) is 5. The Kier molecular flexibility index (Phi) is 6.18. The zero-order valence-electron chi connectivity index (χ0n) is 16.7. The summed E-state index contributed by atoms with van der Waals surface area (Å²) >= 11 is 1.43. The van der Waals surface area contributed by atoms with Gasteiger partial charge in [0, 0.05) is 5.69 Å². The van der Waals surface area contributed by atoms with Crippen molar-refractivity contribution in [3.63, 3.8) is 0 Å². The van der Waals surface area contributed by atoms with Crippen molar-refractivity contribution in [2.24, 2.45) is 0 Å². The van der Waals surface area contributed by atoms with Crippen molar-refractivity contribution >= 4 is 23.6 Å². The second kappa shape index (κ2) is 9.17. The van der Waals surface area contributed by atoms with E-state index in [2.05, 4.69) is 16.4 Å². The third kappa shape index (κ3) is 4.26. The van der Waals surface area contributed by atoms with Crippen LogP contribution in [-0.4, -0.2) is 34.3 Å². The van der Waals surface area contributed by atoms with E-state index in [-0.39, 0.29) is 18.6 Å². The van der Waals surface area contributed by atoms with E-state index in [1.807, 2.05) is 54.8 Å². The van der Waals surface area contributed by atoms with Crippen LogP contribution in [0.15, 0.2) is 66.0 Å². The number of para-hydroxylation sites is 1. The predicted molar refractivity (Wildman–Crippen MR) is 116 cm³/mol. The molecule has 30 heavy (non-hydrogen) atoms. The molecule has 7 heteroatoms. The molecule has 1 amide bonds. The van der Waals surface area contributed by atoms with Crippen molar-refractivity contribution in [1.29, 1.82) is 0 Å². The van der Waals surface area contributed by atoms with Gasteiger partial charge in [0.1, 0.15) is 0 Å². The number of fused-ring (bicyclic) bond motifs is 1. The number of carbonyl (C=O) groups excluding carboxylic acids is 2. The molecule has 154 valence electrons. The van der Waals surface area contributed by atoms with Gasteiger partial charge in [-0.2, -0.15) is 0 Å². The van der Waals surface area contributed by atoms with Gasteiger partial charge in [-0.05, 0) is 48.8 Å². The first-order valence-electron chi connectivity index (χ1n) is 9.89. The summed E-state index contributed by atoms with van der Waals surface area (Å²) in [6.45, 7) is -0.327. The molecule has 0 aliphatic heterocycles. The summed E-state index contributed by atoms with van der Waals surface area (Å²) in [6.07, 6.45) is 6.31. The molecule has 1 atom stereocenters. The van der Waals surface area contributed by atoms with Crippen LogP contribution < -0.4 is 5.32 Å². The fraction of sp³-hybridized carbons (Fsp3) is 0.261. The van der Waals surface area contributed by atoms with Crippen molar-refractivity contribution in [3.8, 4) is 5.69 Å². The minimum Gasteiger partial charge on any atom is -0.451 e. The summed E-state index contributed by atoms with van der Waals surface area (Å²) in [7, 11) is 0. The quantitative estimate of drug-likeness (QED) is 0.482. The summed E-state index contributed by atoms with van der Waals surface area (Å²) in [5.74, 6) is -0.883. The number of aryl methyl sites for hydroxylation is 1. The van der Waals surface area contributed by atoms with Crippen LogP contribution in [0.1, 0.15) is 40.5 Å². The first kappa shape index (κ1) is 20.2. The molecule has 1 heterocycles. The number of thioether (sulfide) groups is 1. The second-order valence-electron chi connectivity index (χ2n) is 7.09. The summed E-state index contributed by atoms with van der Waals surface area (Å²) in [5, 5.41) is 3.68. The Balaban J connectivity index is 1.42. The van der Waals surface area contributed by atoms with Crippen LogP contribution in [0.2, 0.25) is 0 Å². The molecule has 4 rings (SSSR count). The van der Waals surface area contributed by atoms with E-state index in [9.17, 15) is 9.59 Å². The van der Waals surface area contributed by atoms with Crippen molar-refractivity contribution in [2.75, 3.05) is 12.9 Å². The van der Waals surface area contributed by atoms with Gasteiger partial charge in [0.2, 0.25) is 0 Å². The summed E-state index contributed by atoms with van der Waals surface area (Å²) < 4.78 is 7.06. The van der Waals surface area contributed by atoms with Crippen molar-refractivity contribution in [3.05, 3.63) is 77.6 Å². The molecular weight excluding hydrogens is 398 g/mol. The van der Waals surface area contributed by atoms with E-state index < -0.39 is 5.97 Å². The lowest BCUT2D eigenvalue weighted by atomic mass is 9.88. The zero-order valence-corrected chi connectivity index (χ0v) is 17.5. The first-order chi connectivity index (χ1) is 14.7. The maximum Gasteiger partial charge on any atom is 0.357 e. The van der Waals surface area contributed by atoms with E-state index in [0.29, 0.717) is 10.9 Å². The number of benzene rings is 2. The summed E-state index contributed by atoms with van der Waals surface area (Å²) in [5.41, 5.74) is 3.52. The first-order valence-corrected chi connectivity index (χ1v) is 11.1. The molecule has 2 aromatic carbocycles. The number of aromatic nitrogens is 2. The Morgan fingerprint density at radius 2 is 1.93 bits per heavy atom. The third-order valence-corrected chi connectivity index (χ3v) is 5.83. The Labute approximate surface area is 179 Å². The van der Waals surface area contributed by atoms with Gasteiger partial charge in [-0.15, -0.1) is 0 Å². The van der Waals surface area contributed by atoms with Crippen LogP contribution in [0.3, 0.4) is 0 Å². The lowest BCUT2D eigenvalue weighted by Gasteiger charge is -2.26. The number of ether oxygens (including phenoxy) is 1. The van der Waals surface area contributed by atoms with Crippen molar-refractivity contribution < 1.29 is 14.3 Å². The van der Waals surface area contributed by atoms with Gasteiger partial charge < -0.3 is 10.1 Å². The van der Waals surface area contributed by atoms with Gasteiger partial charge >= 0.3 is 5.97 Å². The van der Waals surface area contributed by atoms with Gasteiger partial charge in [-0.1, -0.05) is 54.2 Å². The number of amides is 1. The van der Waals surface area contributed by atoms with E-state index in [4.69, 9.17) is 4.74 Å². The molecule has 0 saturated carbocycles. The highest BCUT2D eigenvalue weighted by molar-refractivity contribution is 7.98. The van der Waals surface area contributed by atoms with Crippen molar-refractivity contribution in [1.82, 2.24) is 14.9 Å². The Hall–Kier alpha value is -3.06. The van der Waals surface area contributed by atoms with Crippen LogP contribution in [0.4, 0.5) is 0 Å². The number of nitrogens with one attached hydrogen (secondary N) is 1. The van der Waals surface area contributed by atoms with Crippen molar-refractivity contribution in [2.45, 2.75) is 30.5 Å².